The largest absolute Gasteiger partial charge is 0.391 e. The van der Waals surface area contributed by atoms with E-state index in [4.69, 9.17) is 0 Å². The first-order valence-electron chi connectivity index (χ1n) is 7.66. The SMILES string of the molecule is O=C(N[C@H](CC(F)(F)F)c1ccccc1)c1ccnc(-n2cncn2)c1. The number of pyridine rings is 1. The van der Waals surface area contributed by atoms with Crippen molar-refractivity contribution in [3.63, 3.8) is 0 Å². The molecule has 3 aromatic rings. The lowest BCUT2D eigenvalue weighted by molar-refractivity contribution is -0.139. The first kappa shape index (κ1) is 17.6. The van der Waals surface area contributed by atoms with Crippen LogP contribution in [0, 0.1) is 0 Å². The predicted octanol–water partition coefficient (Wildman–Crippen LogP) is 3.09. The van der Waals surface area contributed by atoms with Crippen molar-refractivity contribution in [3.8, 4) is 5.82 Å². The van der Waals surface area contributed by atoms with E-state index in [1.807, 2.05) is 0 Å². The van der Waals surface area contributed by atoms with Gasteiger partial charge in [0.05, 0.1) is 12.5 Å². The van der Waals surface area contributed by atoms with Crippen LogP contribution in [0.5, 0.6) is 0 Å². The fourth-order valence-electron chi connectivity index (χ4n) is 2.42. The molecule has 1 aromatic carbocycles. The van der Waals surface area contributed by atoms with Crippen LogP contribution in [0.15, 0.2) is 61.3 Å². The molecule has 0 unspecified atom stereocenters. The number of amides is 1. The fourth-order valence-corrected chi connectivity index (χ4v) is 2.42. The summed E-state index contributed by atoms with van der Waals surface area (Å²) in [7, 11) is 0. The number of hydrogen-bond donors (Lipinski definition) is 1. The average Bonchev–Trinajstić information content (AvgIpc) is 3.15. The van der Waals surface area contributed by atoms with Crippen molar-refractivity contribution < 1.29 is 18.0 Å². The molecule has 0 aliphatic rings. The molecule has 0 fully saturated rings. The molecule has 0 radical (unpaired) electrons. The van der Waals surface area contributed by atoms with E-state index < -0.39 is 24.5 Å². The van der Waals surface area contributed by atoms with Crippen LogP contribution in [0.3, 0.4) is 0 Å². The van der Waals surface area contributed by atoms with Crippen molar-refractivity contribution in [1.82, 2.24) is 25.1 Å². The van der Waals surface area contributed by atoms with Crippen LogP contribution in [-0.2, 0) is 0 Å². The summed E-state index contributed by atoms with van der Waals surface area (Å²) in [6, 6.07) is 9.70. The number of nitrogens with one attached hydrogen (secondary N) is 1. The van der Waals surface area contributed by atoms with Gasteiger partial charge in [-0.05, 0) is 17.7 Å². The number of carbonyl (C=O) groups excluding carboxylic acids is 1. The van der Waals surface area contributed by atoms with Crippen molar-refractivity contribution in [3.05, 3.63) is 72.4 Å². The lowest BCUT2D eigenvalue weighted by Gasteiger charge is -2.21. The number of hydrogen-bond acceptors (Lipinski definition) is 4. The van der Waals surface area contributed by atoms with Crippen molar-refractivity contribution in [2.24, 2.45) is 0 Å². The maximum atomic E-state index is 12.9. The average molecular weight is 361 g/mol. The number of nitrogens with zero attached hydrogens (tertiary/aromatic N) is 4. The third kappa shape index (κ3) is 4.44. The van der Waals surface area contributed by atoms with Gasteiger partial charge in [-0.1, -0.05) is 30.3 Å². The van der Waals surface area contributed by atoms with Crippen LogP contribution >= 0.6 is 0 Å². The predicted molar refractivity (Wildman–Crippen MR) is 86.5 cm³/mol. The van der Waals surface area contributed by atoms with E-state index in [0.29, 0.717) is 11.4 Å². The highest BCUT2D eigenvalue weighted by molar-refractivity contribution is 5.94. The van der Waals surface area contributed by atoms with Crippen LogP contribution < -0.4 is 5.32 Å². The van der Waals surface area contributed by atoms with Gasteiger partial charge < -0.3 is 5.32 Å². The van der Waals surface area contributed by atoms with Crippen molar-refractivity contribution in [2.75, 3.05) is 0 Å². The third-order valence-corrected chi connectivity index (χ3v) is 3.60. The molecule has 2 heterocycles. The Morgan fingerprint density at radius 2 is 1.96 bits per heavy atom. The Bertz CT molecular complexity index is 866. The molecule has 6 nitrogen and oxygen atoms in total. The first-order chi connectivity index (χ1) is 12.4. The van der Waals surface area contributed by atoms with Crippen LogP contribution in [-0.4, -0.2) is 31.8 Å². The zero-order valence-electron chi connectivity index (χ0n) is 13.4. The summed E-state index contributed by atoms with van der Waals surface area (Å²) in [6.07, 6.45) is -1.49. The van der Waals surface area contributed by atoms with Crippen LogP contribution in [0.25, 0.3) is 5.82 Å². The summed E-state index contributed by atoms with van der Waals surface area (Å²) < 4.78 is 40.1. The van der Waals surface area contributed by atoms with E-state index >= 15 is 0 Å². The summed E-state index contributed by atoms with van der Waals surface area (Å²) in [5.74, 6) is -0.297. The smallest absolute Gasteiger partial charge is 0.345 e. The maximum absolute atomic E-state index is 12.9. The number of alkyl halides is 3. The Morgan fingerprint density at radius 3 is 2.62 bits per heavy atom. The summed E-state index contributed by atoms with van der Waals surface area (Å²) in [4.78, 5) is 20.3. The number of carbonyl (C=O) groups is 1. The van der Waals surface area contributed by atoms with Gasteiger partial charge in [0.15, 0.2) is 5.82 Å². The molecule has 0 spiro atoms. The Balaban J connectivity index is 1.83. The quantitative estimate of drug-likeness (QED) is 0.758. The van der Waals surface area contributed by atoms with Crippen molar-refractivity contribution in [2.45, 2.75) is 18.6 Å². The lowest BCUT2D eigenvalue weighted by atomic mass is 10.0. The van der Waals surface area contributed by atoms with Gasteiger partial charge in [0, 0.05) is 11.8 Å². The van der Waals surface area contributed by atoms with Gasteiger partial charge in [0.1, 0.15) is 12.7 Å². The molecule has 0 aliphatic heterocycles. The minimum atomic E-state index is -4.42. The second-order valence-corrected chi connectivity index (χ2v) is 5.50. The summed E-state index contributed by atoms with van der Waals surface area (Å²) >= 11 is 0. The molecule has 134 valence electrons. The molecule has 0 saturated carbocycles. The number of halogens is 3. The van der Waals surface area contributed by atoms with Crippen molar-refractivity contribution >= 4 is 5.91 Å². The number of rotatable bonds is 5. The molecule has 26 heavy (non-hydrogen) atoms. The maximum Gasteiger partial charge on any atom is 0.391 e. The summed E-state index contributed by atoms with van der Waals surface area (Å²) in [5, 5.41) is 6.35. The van der Waals surface area contributed by atoms with E-state index in [9.17, 15) is 18.0 Å². The summed E-state index contributed by atoms with van der Waals surface area (Å²) in [6.45, 7) is 0. The highest BCUT2D eigenvalue weighted by atomic mass is 19.4. The van der Waals surface area contributed by atoms with E-state index in [-0.39, 0.29) is 5.56 Å². The topological polar surface area (TPSA) is 72.7 Å². The first-order valence-corrected chi connectivity index (χ1v) is 7.66. The molecule has 0 bridgehead atoms. The van der Waals surface area contributed by atoms with Crippen molar-refractivity contribution in [1.29, 1.82) is 0 Å². The zero-order valence-corrected chi connectivity index (χ0v) is 13.4. The molecule has 1 atom stereocenters. The van der Waals surface area contributed by atoms with Gasteiger partial charge in [-0.25, -0.2) is 14.6 Å². The van der Waals surface area contributed by atoms with E-state index in [0.717, 1.165) is 0 Å². The highest BCUT2D eigenvalue weighted by Crippen LogP contribution is 2.29. The Morgan fingerprint density at radius 1 is 1.19 bits per heavy atom. The lowest BCUT2D eigenvalue weighted by Crippen LogP contribution is -2.32. The molecule has 1 amide bonds. The van der Waals surface area contributed by atoms with E-state index in [1.54, 1.807) is 30.3 Å². The van der Waals surface area contributed by atoms with Gasteiger partial charge in [-0.2, -0.15) is 18.3 Å². The van der Waals surface area contributed by atoms with Gasteiger partial charge in [-0.15, -0.1) is 0 Å². The molecule has 9 heteroatoms. The molecule has 3 rings (SSSR count). The van der Waals surface area contributed by atoms with Crippen LogP contribution in [0.1, 0.15) is 28.4 Å². The van der Waals surface area contributed by atoms with Crippen LogP contribution in [0.4, 0.5) is 13.2 Å². The second-order valence-electron chi connectivity index (χ2n) is 5.50. The van der Waals surface area contributed by atoms with Gasteiger partial charge >= 0.3 is 6.18 Å². The molecule has 1 N–H and O–H groups in total. The normalized spacial score (nSPS) is 12.6. The standard InChI is InChI=1S/C17H14F3N5O/c18-17(19,20)9-14(12-4-2-1-3-5-12)24-16(26)13-6-7-22-15(8-13)25-11-21-10-23-25/h1-8,10-11,14H,9H2,(H,24,26)/t14-/m1/s1. The number of aromatic nitrogens is 4. The molecule has 0 saturated heterocycles. The highest BCUT2D eigenvalue weighted by Gasteiger charge is 2.33. The van der Waals surface area contributed by atoms with Gasteiger partial charge in [-0.3, -0.25) is 4.79 Å². The molecule has 2 aromatic heterocycles. The fraction of sp³-hybridized carbons (Fsp3) is 0.176. The molecule has 0 aliphatic carbocycles. The zero-order chi connectivity index (χ0) is 18.6. The van der Waals surface area contributed by atoms with Crippen LogP contribution in [0.2, 0.25) is 0 Å². The Kier molecular flexibility index (Phi) is 4.97. The third-order valence-electron chi connectivity index (χ3n) is 3.60. The monoisotopic (exact) mass is 361 g/mol. The minimum absolute atomic E-state index is 0.175. The molecular formula is C17H14F3N5O. The van der Waals surface area contributed by atoms with Gasteiger partial charge in [0.25, 0.3) is 5.91 Å². The Labute approximate surface area is 146 Å². The van der Waals surface area contributed by atoms with Gasteiger partial charge in [0.2, 0.25) is 0 Å². The molecular weight excluding hydrogens is 347 g/mol. The number of benzene rings is 1. The van der Waals surface area contributed by atoms with E-state index in [1.165, 1.54) is 35.7 Å². The second kappa shape index (κ2) is 7.34. The minimum Gasteiger partial charge on any atom is -0.345 e. The Hall–Kier alpha value is -3.23. The van der Waals surface area contributed by atoms with E-state index in [2.05, 4.69) is 20.4 Å². The summed E-state index contributed by atoms with van der Waals surface area (Å²) in [5.41, 5.74) is 0.553.